The molecule has 28 heavy (non-hydrogen) atoms. The third kappa shape index (κ3) is 3.85. The highest BCUT2D eigenvalue weighted by atomic mass is 16.5. The molecule has 2 aliphatic carbocycles. The smallest absolute Gasteiger partial charge is 0.258 e. The van der Waals surface area contributed by atoms with Gasteiger partial charge < -0.3 is 9.84 Å². The summed E-state index contributed by atoms with van der Waals surface area (Å²) in [6.45, 7) is 1.16. The van der Waals surface area contributed by atoms with Crippen LogP contribution in [-0.4, -0.2) is 23.7 Å². The summed E-state index contributed by atoms with van der Waals surface area (Å²) in [6, 6.07) is 20.0. The molecule has 2 N–H and O–H groups in total. The van der Waals surface area contributed by atoms with E-state index in [1.165, 1.54) is 24.8 Å². The molecule has 3 aromatic rings. The summed E-state index contributed by atoms with van der Waals surface area (Å²) in [5, 5.41) is 10.5. The fourth-order valence-electron chi connectivity index (χ4n) is 3.57. The molecule has 2 saturated carbocycles. The second-order valence-corrected chi connectivity index (χ2v) is 7.82. The quantitative estimate of drug-likeness (QED) is 0.642. The Kier molecular flexibility index (Phi) is 4.45. The molecule has 0 aliphatic heterocycles. The van der Waals surface area contributed by atoms with Gasteiger partial charge in [0.2, 0.25) is 5.88 Å². The number of hydrogen-bond acceptors (Lipinski definition) is 4. The van der Waals surface area contributed by atoms with E-state index in [-0.39, 0.29) is 5.91 Å². The van der Waals surface area contributed by atoms with E-state index >= 15 is 0 Å². The molecule has 2 aliphatic rings. The summed E-state index contributed by atoms with van der Waals surface area (Å²) in [7, 11) is 0. The Balaban J connectivity index is 1.18. The van der Waals surface area contributed by atoms with Crippen LogP contribution in [0.25, 0.3) is 11.3 Å². The van der Waals surface area contributed by atoms with Crippen LogP contribution in [0.5, 0.6) is 0 Å². The fourth-order valence-corrected chi connectivity index (χ4v) is 3.57. The van der Waals surface area contributed by atoms with Crippen LogP contribution in [0.15, 0.2) is 65.2 Å². The van der Waals surface area contributed by atoms with Gasteiger partial charge in [0.1, 0.15) is 5.69 Å². The molecule has 2 unspecified atom stereocenters. The molecule has 1 amide bonds. The number of hydrogen-bond donors (Lipinski definition) is 2. The van der Waals surface area contributed by atoms with Gasteiger partial charge >= 0.3 is 0 Å². The summed E-state index contributed by atoms with van der Waals surface area (Å²) in [6.07, 6.45) is 3.96. The molecule has 1 aromatic heterocycles. The van der Waals surface area contributed by atoms with Crippen molar-refractivity contribution in [2.24, 2.45) is 5.92 Å². The lowest BCUT2D eigenvalue weighted by Gasteiger charge is -2.05. The Labute approximate surface area is 164 Å². The van der Waals surface area contributed by atoms with E-state index in [1.54, 1.807) is 6.07 Å². The first-order chi connectivity index (χ1) is 13.8. The van der Waals surface area contributed by atoms with Crippen LogP contribution in [0.4, 0.5) is 5.88 Å². The molecule has 2 atom stereocenters. The molecule has 0 radical (unpaired) electrons. The minimum atomic E-state index is -0.193. The number of benzene rings is 2. The highest BCUT2D eigenvalue weighted by Gasteiger charge is 2.38. The van der Waals surface area contributed by atoms with Crippen molar-refractivity contribution in [1.82, 2.24) is 10.5 Å². The maximum Gasteiger partial charge on any atom is 0.258 e. The van der Waals surface area contributed by atoms with Crippen molar-refractivity contribution in [3.8, 4) is 11.3 Å². The lowest BCUT2D eigenvalue weighted by Crippen LogP contribution is -2.20. The van der Waals surface area contributed by atoms with Crippen LogP contribution in [0, 0.1) is 5.92 Å². The zero-order valence-corrected chi connectivity index (χ0v) is 15.6. The highest BCUT2D eigenvalue weighted by molar-refractivity contribution is 6.03. The summed E-state index contributed by atoms with van der Waals surface area (Å²) in [4.78, 5) is 12.5. The molecule has 5 heteroatoms. The van der Waals surface area contributed by atoms with E-state index in [1.807, 2.05) is 42.5 Å². The number of nitrogens with one attached hydrogen (secondary N) is 2. The molecule has 0 saturated heterocycles. The Morgan fingerprint density at radius 3 is 2.61 bits per heavy atom. The maximum atomic E-state index is 12.5. The Morgan fingerprint density at radius 1 is 1.07 bits per heavy atom. The van der Waals surface area contributed by atoms with Gasteiger partial charge in [-0.1, -0.05) is 47.6 Å². The SMILES string of the molecule is O=C(Nc1cc(-c2ccccc2)no1)c1ccc(C2CC2NCC2CC2)cc1. The van der Waals surface area contributed by atoms with Crippen molar-refractivity contribution >= 4 is 11.8 Å². The number of carbonyl (C=O) groups excluding carboxylic acids is 1. The molecule has 2 fully saturated rings. The highest BCUT2D eigenvalue weighted by Crippen LogP contribution is 2.41. The normalized spacial score (nSPS) is 20.7. The largest absolute Gasteiger partial charge is 0.338 e. The lowest BCUT2D eigenvalue weighted by atomic mass is 10.1. The van der Waals surface area contributed by atoms with Crippen molar-refractivity contribution in [3.05, 3.63) is 71.8 Å². The average Bonchev–Trinajstić information content (AvgIpc) is 3.65. The number of aromatic nitrogens is 1. The monoisotopic (exact) mass is 373 g/mol. The summed E-state index contributed by atoms with van der Waals surface area (Å²) in [5.41, 5.74) is 3.57. The predicted molar refractivity (Wildman–Crippen MR) is 108 cm³/mol. The van der Waals surface area contributed by atoms with Crippen LogP contribution < -0.4 is 10.6 Å². The van der Waals surface area contributed by atoms with Gasteiger partial charge in [-0.25, -0.2) is 0 Å². The van der Waals surface area contributed by atoms with Crippen molar-refractivity contribution in [1.29, 1.82) is 0 Å². The Bertz CT molecular complexity index is 961. The number of rotatable bonds is 7. The standard InChI is InChI=1S/C23H23N3O2/c27-23(25-22-13-20(26-28-22)17-4-2-1-3-5-17)18-10-8-16(9-11-18)19-12-21(19)24-14-15-6-7-15/h1-5,8-11,13,15,19,21,24H,6-7,12,14H2,(H,25,27). The summed E-state index contributed by atoms with van der Waals surface area (Å²) < 4.78 is 5.26. The molecule has 1 heterocycles. The molecule has 0 spiro atoms. The van der Waals surface area contributed by atoms with E-state index < -0.39 is 0 Å². The van der Waals surface area contributed by atoms with Crippen molar-refractivity contribution in [3.63, 3.8) is 0 Å². The lowest BCUT2D eigenvalue weighted by molar-refractivity contribution is 0.102. The van der Waals surface area contributed by atoms with E-state index in [0.29, 0.717) is 29.1 Å². The number of nitrogens with zero attached hydrogens (tertiary/aromatic N) is 1. The van der Waals surface area contributed by atoms with Crippen molar-refractivity contribution in [2.45, 2.75) is 31.2 Å². The van der Waals surface area contributed by atoms with E-state index in [2.05, 4.69) is 27.9 Å². The van der Waals surface area contributed by atoms with Crippen LogP contribution in [-0.2, 0) is 0 Å². The van der Waals surface area contributed by atoms with Crippen LogP contribution in [0.2, 0.25) is 0 Å². The molecule has 5 nitrogen and oxygen atoms in total. The fraction of sp³-hybridized carbons (Fsp3) is 0.304. The molecule has 0 bridgehead atoms. The zero-order chi connectivity index (χ0) is 18.9. The van der Waals surface area contributed by atoms with Crippen LogP contribution >= 0.6 is 0 Å². The van der Waals surface area contributed by atoms with Gasteiger partial charge in [-0.3, -0.25) is 10.1 Å². The average molecular weight is 373 g/mol. The maximum absolute atomic E-state index is 12.5. The molecular weight excluding hydrogens is 350 g/mol. The first-order valence-electron chi connectivity index (χ1n) is 9.93. The van der Waals surface area contributed by atoms with Gasteiger partial charge in [-0.2, -0.15) is 0 Å². The minimum Gasteiger partial charge on any atom is -0.338 e. The molecular formula is C23H23N3O2. The zero-order valence-electron chi connectivity index (χ0n) is 15.6. The van der Waals surface area contributed by atoms with Gasteiger partial charge in [0.25, 0.3) is 5.91 Å². The first-order valence-corrected chi connectivity index (χ1v) is 9.93. The van der Waals surface area contributed by atoms with Crippen molar-refractivity contribution < 1.29 is 9.32 Å². The van der Waals surface area contributed by atoms with Gasteiger partial charge in [-0.05, 0) is 49.4 Å². The van der Waals surface area contributed by atoms with Crippen molar-refractivity contribution in [2.75, 3.05) is 11.9 Å². The Hall–Kier alpha value is -2.92. The third-order valence-corrected chi connectivity index (χ3v) is 5.57. The molecule has 5 rings (SSSR count). The topological polar surface area (TPSA) is 67.2 Å². The van der Waals surface area contributed by atoms with E-state index in [9.17, 15) is 4.79 Å². The minimum absolute atomic E-state index is 0.193. The summed E-state index contributed by atoms with van der Waals surface area (Å²) >= 11 is 0. The number of amides is 1. The number of anilines is 1. The second-order valence-electron chi connectivity index (χ2n) is 7.82. The van der Waals surface area contributed by atoms with Crippen LogP contribution in [0.1, 0.15) is 41.1 Å². The molecule has 142 valence electrons. The summed E-state index contributed by atoms with van der Waals surface area (Å²) in [5.74, 6) is 1.64. The van der Waals surface area contributed by atoms with Gasteiger partial charge in [0, 0.05) is 29.2 Å². The predicted octanol–water partition coefficient (Wildman–Crippen LogP) is 4.45. The second kappa shape index (κ2) is 7.24. The van der Waals surface area contributed by atoms with Gasteiger partial charge in [0.05, 0.1) is 0 Å². The van der Waals surface area contributed by atoms with E-state index in [4.69, 9.17) is 4.52 Å². The van der Waals surface area contributed by atoms with Gasteiger partial charge in [0.15, 0.2) is 0 Å². The third-order valence-electron chi connectivity index (χ3n) is 5.57. The van der Waals surface area contributed by atoms with Gasteiger partial charge in [-0.15, -0.1) is 0 Å². The number of carbonyl (C=O) groups is 1. The molecule has 2 aromatic carbocycles. The van der Waals surface area contributed by atoms with E-state index in [0.717, 1.165) is 18.0 Å². The first kappa shape index (κ1) is 17.2. The van der Waals surface area contributed by atoms with Crippen LogP contribution in [0.3, 0.4) is 0 Å². The Morgan fingerprint density at radius 2 is 1.86 bits per heavy atom.